The predicted molar refractivity (Wildman–Crippen MR) is 145 cm³/mol. The second kappa shape index (κ2) is 9.80. The quantitative estimate of drug-likeness (QED) is 0.324. The molecule has 192 valence electrons. The average molecular weight is 489 g/mol. The van der Waals surface area contributed by atoms with Gasteiger partial charge in [0.1, 0.15) is 23.0 Å². The van der Waals surface area contributed by atoms with Crippen LogP contribution < -0.4 is 0 Å². The number of aryl methyl sites for hydroxylation is 1. The van der Waals surface area contributed by atoms with Gasteiger partial charge in [0.05, 0.1) is 5.92 Å². The summed E-state index contributed by atoms with van der Waals surface area (Å²) < 4.78 is 6.62. The van der Waals surface area contributed by atoms with Crippen LogP contribution in [0, 0.1) is 31.1 Å². The second-order valence-corrected chi connectivity index (χ2v) is 11.5. The lowest BCUT2D eigenvalue weighted by atomic mass is 9.57. The number of phenols is 2. The molecule has 4 unspecified atom stereocenters. The maximum Gasteiger partial charge on any atom is 0.158 e. The largest absolute Gasteiger partial charge is 0.508 e. The number of carbonyl (C=O) groups is 1. The Morgan fingerprint density at radius 3 is 2.64 bits per heavy atom. The van der Waals surface area contributed by atoms with E-state index in [4.69, 9.17) is 4.42 Å². The van der Waals surface area contributed by atoms with Crippen LogP contribution in [-0.4, -0.2) is 16.0 Å². The van der Waals surface area contributed by atoms with Crippen LogP contribution in [0.4, 0.5) is 0 Å². The number of hydrogen-bond acceptors (Lipinski definition) is 4. The molecule has 2 aliphatic carbocycles. The molecule has 0 fully saturated rings. The van der Waals surface area contributed by atoms with Gasteiger partial charge in [0.15, 0.2) is 5.78 Å². The van der Waals surface area contributed by atoms with Crippen molar-refractivity contribution in [2.24, 2.45) is 17.3 Å². The maximum atomic E-state index is 12.5. The minimum absolute atomic E-state index is 0.0378. The lowest BCUT2D eigenvalue weighted by Gasteiger charge is -2.45. The Kier molecular flexibility index (Phi) is 7.10. The molecular formula is C32H40O4. The van der Waals surface area contributed by atoms with Gasteiger partial charge in [0, 0.05) is 17.9 Å². The third-order valence-corrected chi connectivity index (χ3v) is 8.59. The number of hydrogen-bond donors (Lipinski definition) is 2. The number of rotatable bonds is 6. The molecule has 0 aliphatic heterocycles. The monoisotopic (exact) mass is 488 g/mol. The van der Waals surface area contributed by atoms with Gasteiger partial charge < -0.3 is 14.6 Å². The van der Waals surface area contributed by atoms with Crippen molar-refractivity contribution in [3.8, 4) is 11.5 Å². The fourth-order valence-corrected chi connectivity index (χ4v) is 6.00. The highest BCUT2D eigenvalue weighted by Crippen LogP contribution is 2.51. The Labute approximate surface area is 215 Å². The highest BCUT2D eigenvalue weighted by molar-refractivity contribution is 5.93. The fourth-order valence-electron chi connectivity index (χ4n) is 6.00. The molecule has 0 saturated carbocycles. The maximum absolute atomic E-state index is 12.5. The van der Waals surface area contributed by atoms with Crippen molar-refractivity contribution in [2.45, 2.75) is 80.1 Å². The third-order valence-electron chi connectivity index (χ3n) is 8.59. The van der Waals surface area contributed by atoms with Crippen LogP contribution in [-0.2, 0) is 17.6 Å². The van der Waals surface area contributed by atoms with E-state index in [0.717, 1.165) is 42.8 Å². The number of ketones is 1. The molecule has 0 spiro atoms. The van der Waals surface area contributed by atoms with Crippen molar-refractivity contribution in [3.63, 3.8) is 0 Å². The van der Waals surface area contributed by atoms with E-state index in [1.165, 1.54) is 16.7 Å². The minimum Gasteiger partial charge on any atom is -0.508 e. The van der Waals surface area contributed by atoms with Crippen LogP contribution in [0.2, 0.25) is 0 Å². The van der Waals surface area contributed by atoms with E-state index in [-0.39, 0.29) is 40.5 Å². The Morgan fingerprint density at radius 1 is 1.22 bits per heavy atom. The van der Waals surface area contributed by atoms with Gasteiger partial charge >= 0.3 is 0 Å². The normalized spacial score (nSPS) is 24.3. The molecule has 1 aromatic carbocycles. The summed E-state index contributed by atoms with van der Waals surface area (Å²) in [4.78, 5) is 12.5. The van der Waals surface area contributed by atoms with Crippen LogP contribution >= 0.6 is 0 Å². The molecule has 4 nitrogen and oxygen atoms in total. The van der Waals surface area contributed by atoms with Crippen LogP contribution in [0.25, 0.3) is 0 Å². The summed E-state index contributed by atoms with van der Waals surface area (Å²) in [6.07, 6.45) is 11.6. The first-order valence-corrected chi connectivity index (χ1v) is 13.1. The number of benzene rings is 1. The van der Waals surface area contributed by atoms with E-state index in [1.54, 1.807) is 25.1 Å². The summed E-state index contributed by atoms with van der Waals surface area (Å²) in [5, 5.41) is 21.4. The number of phenolic OH excluding ortho intramolecular Hbond substituents is 2. The fraction of sp³-hybridized carbons (Fsp3) is 0.469. The SMILES string of the molecule is CC(C)=CCCC(C)=CC(c1cc(O)cc(C)c1O)c1oc2c(c1C)CC1(C)C(C=CC(=O)C1C)C2. The lowest BCUT2D eigenvalue weighted by molar-refractivity contribution is -0.123. The van der Waals surface area contributed by atoms with Crippen molar-refractivity contribution in [3.05, 3.63) is 81.4 Å². The number of furan rings is 1. The second-order valence-electron chi connectivity index (χ2n) is 11.5. The number of fused-ring (bicyclic) bond motifs is 2. The summed E-state index contributed by atoms with van der Waals surface area (Å²) in [5.74, 6) is 2.20. The molecule has 4 rings (SSSR count). The summed E-state index contributed by atoms with van der Waals surface area (Å²) in [6, 6.07) is 3.23. The van der Waals surface area contributed by atoms with E-state index in [2.05, 4.69) is 59.8 Å². The molecule has 1 heterocycles. The summed E-state index contributed by atoms with van der Waals surface area (Å²) in [6.45, 7) is 14.5. The van der Waals surface area contributed by atoms with E-state index >= 15 is 0 Å². The van der Waals surface area contributed by atoms with Gasteiger partial charge in [-0.05, 0) is 100 Å². The first-order chi connectivity index (χ1) is 16.9. The Hall–Kier alpha value is -3.01. The van der Waals surface area contributed by atoms with Crippen LogP contribution in [0.5, 0.6) is 11.5 Å². The van der Waals surface area contributed by atoms with Crippen LogP contribution in [0.15, 0.2) is 52.0 Å². The van der Waals surface area contributed by atoms with Crippen LogP contribution in [0.3, 0.4) is 0 Å². The van der Waals surface area contributed by atoms with E-state index in [9.17, 15) is 15.0 Å². The van der Waals surface area contributed by atoms with Gasteiger partial charge in [-0.2, -0.15) is 0 Å². The molecule has 2 aromatic rings. The Morgan fingerprint density at radius 2 is 1.94 bits per heavy atom. The van der Waals surface area contributed by atoms with Gasteiger partial charge in [-0.1, -0.05) is 43.2 Å². The van der Waals surface area contributed by atoms with Crippen molar-refractivity contribution < 1.29 is 19.4 Å². The summed E-state index contributed by atoms with van der Waals surface area (Å²) in [5.41, 5.74) is 5.92. The molecular weight excluding hydrogens is 448 g/mol. The molecule has 2 N–H and O–H groups in total. The van der Waals surface area contributed by atoms with Crippen molar-refractivity contribution in [1.82, 2.24) is 0 Å². The molecule has 0 amide bonds. The van der Waals surface area contributed by atoms with Crippen molar-refractivity contribution in [2.75, 3.05) is 0 Å². The predicted octanol–water partition coefficient (Wildman–Crippen LogP) is 7.63. The zero-order chi connectivity index (χ0) is 26.4. The van der Waals surface area contributed by atoms with Crippen molar-refractivity contribution >= 4 is 5.78 Å². The summed E-state index contributed by atoms with van der Waals surface area (Å²) in [7, 11) is 0. The topological polar surface area (TPSA) is 70.7 Å². The zero-order valence-corrected chi connectivity index (χ0v) is 22.7. The molecule has 4 heteroatoms. The molecule has 2 aliphatic rings. The number of allylic oxidation sites excluding steroid dienone is 6. The standard InChI is InChI=1S/C32H40O4/c1-18(2)9-8-10-19(3)13-26(25-16-24(33)14-20(4)30(25)35)31-21(5)27-17-32(7)22(6)28(34)12-11-23(32)15-29(27)36-31/h9,11-14,16,22-23,26,33,35H,8,10,15,17H2,1-7H3. The molecule has 1 aromatic heterocycles. The zero-order valence-electron chi connectivity index (χ0n) is 22.7. The highest BCUT2D eigenvalue weighted by atomic mass is 16.3. The number of aromatic hydroxyl groups is 2. The molecule has 0 radical (unpaired) electrons. The molecule has 0 saturated heterocycles. The smallest absolute Gasteiger partial charge is 0.158 e. The lowest BCUT2D eigenvalue weighted by Crippen LogP contribution is -2.44. The first-order valence-electron chi connectivity index (χ1n) is 13.1. The first kappa shape index (κ1) is 26.1. The van der Waals surface area contributed by atoms with Gasteiger partial charge in [0.2, 0.25) is 0 Å². The molecule has 0 bridgehead atoms. The Balaban J connectivity index is 1.81. The summed E-state index contributed by atoms with van der Waals surface area (Å²) >= 11 is 0. The minimum atomic E-state index is -0.322. The highest BCUT2D eigenvalue weighted by Gasteiger charge is 2.48. The third kappa shape index (κ3) is 4.70. The molecule has 36 heavy (non-hydrogen) atoms. The average Bonchev–Trinajstić information content (AvgIpc) is 3.11. The van der Waals surface area contributed by atoms with E-state index in [0.29, 0.717) is 11.1 Å². The van der Waals surface area contributed by atoms with Crippen LogP contribution in [0.1, 0.15) is 87.2 Å². The molecule has 4 atom stereocenters. The van der Waals surface area contributed by atoms with Gasteiger partial charge in [-0.15, -0.1) is 0 Å². The Bertz CT molecular complexity index is 1270. The van der Waals surface area contributed by atoms with Crippen molar-refractivity contribution in [1.29, 1.82) is 0 Å². The van der Waals surface area contributed by atoms with E-state index < -0.39 is 0 Å². The van der Waals surface area contributed by atoms with Gasteiger partial charge in [0.25, 0.3) is 0 Å². The van der Waals surface area contributed by atoms with Gasteiger partial charge in [-0.25, -0.2) is 0 Å². The van der Waals surface area contributed by atoms with E-state index in [1.807, 2.05) is 0 Å². The number of carbonyl (C=O) groups excluding carboxylic acids is 1. The van der Waals surface area contributed by atoms with Gasteiger partial charge in [-0.3, -0.25) is 4.79 Å².